The highest BCUT2D eigenvalue weighted by Gasteiger charge is 2.14. The summed E-state index contributed by atoms with van der Waals surface area (Å²) in [6, 6.07) is 11.5. The summed E-state index contributed by atoms with van der Waals surface area (Å²) in [5, 5.41) is 2.09. The first kappa shape index (κ1) is 15.9. The molecule has 0 spiro atoms. The number of benzene rings is 2. The highest BCUT2D eigenvalue weighted by atomic mass is 31.2. The molecule has 0 atom stereocenters. The van der Waals surface area contributed by atoms with Gasteiger partial charge in [0.2, 0.25) is 0 Å². The number of nitrogens with zero attached hydrogens (tertiary/aromatic N) is 1. The first-order valence-electron chi connectivity index (χ1n) is 7.47. The van der Waals surface area contributed by atoms with Gasteiger partial charge in [-0.15, -0.1) is 0 Å². The number of nitrogen functional groups attached to an aromatic ring is 2. The van der Waals surface area contributed by atoms with Crippen LogP contribution >= 0.6 is 7.60 Å². The topological polar surface area (TPSA) is 114 Å². The number of hydrogen-bond acceptors (Lipinski definition) is 3. The molecule has 0 fully saturated rings. The monoisotopic (exact) mass is 333 g/mol. The Labute approximate surface area is 133 Å². The highest BCUT2D eigenvalue weighted by Crippen LogP contribution is 2.36. The lowest BCUT2D eigenvalue weighted by Crippen LogP contribution is -1.99. The molecule has 0 bridgehead atoms. The zero-order valence-electron chi connectivity index (χ0n) is 12.6. The molecule has 6 nitrogen and oxygen atoms in total. The van der Waals surface area contributed by atoms with Crippen molar-refractivity contribution in [3.8, 4) is 0 Å². The number of anilines is 2. The summed E-state index contributed by atoms with van der Waals surface area (Å²) in [7, 11) is -3.92. The van der Waals surface area contributed by atoms with Crippen molar-refractivity contribution in [3.63, 3.8) is 0 Å². The summed E-state index contributed by atoms with van der Waals surface area (Å²) in [6.45, 7) is 0.688. The molecule has 2 aromatic carbocycles. The van der Waals surface area contributed by atoms with E-state index in [9.17, 15) is 4.57 Å². The Balaban J connectivity index is 1.99. The number of fused-ring (bicyclic) bond motifs is 3. The van der Waals surface area contributed by atoms with E-state index in [1.165, 1.54) is 0 Å². The molecular weight excluding hydrogens is 313 g/mol. The van der Waals surface area contributed by atoms with Crippen molar-refractivity contribution in [2.45, 2.75) is 19.4 Å². The predicted octanol–water partition coefficient (Wildman–Crippen LogP) is 2.92. The van der Waals surface area contributed by atoms with Gasteiger partial charge in [0.25, 0.3) is 0 Å². The number of rotatable bonds is 5. The van der Waals surface area contributed by atoms with Crippen LogP contribution in [0.15, 0.2) is 36.4 Å². The first-order chi connectivity index (χ1) is 10.8. The van der Waals surface area contributed by atoms with Crippen molar-refractivity contribution in [1.82, 2.24) is 4.57 Å². The maximum atomic E-state index is 11.0. The summed E-state index contributed by atoms with van der Waals surface area (Å²) in [5.74, 6) is 0. The molecular formula is C16H20N3O3P. The fourth-order valence-electron chi connectivity index (χ4n) is 2.97. The summed E-state index contributed by atoms with van der Waals surface area (Å²) >= 11 is 0. The number of unbranched alkanes of at least 4 members (excludes halogenated alkanes) is 1. The van der Waals surface area contributed by atoms with Gasteiger partial charge in [-0.2, -0.15) is 0 Å². The molecule has 0 amide bonds. The van der Waals surface area contributed by atoms with E-state index in [1.807, 2.05) is 36.4 Å². The Morgan fingerprint density at radius 3 is 1.91 bits per heavy atom. The van der Waals surface area contributed by atoms with Crippen molar-refractivity contribution >= 4 is 40.8 Å². The van der Waals surface area contributed by atoms with Crippen molar-refractivity contribution in [3.05, 3.63) is 36.4 Å². The molecule has 0 aliphatic carbocycles. The third-order valence-electron chi connectivity index (χ3n) is 3.99. The average Bonchev–Trinajstić information content (AvgIpc) is 2.75. The standard InChI is InChI=1S/C16H20N3O3P/c17-11-3-5-15-13(9-11)14-10-12(18)4-6-16(14)19(15)7-1-2-8-23(20,21)22/h3-6,9-10H,1-2,7-8,17-18H2,(H2,20,21,22). The van der Waals surface area contributed by atoms with E-state index in [0.717, 1.165) is 21.8 Å². The zero-order chi connectivity index (χ0) is 16.6. The Morgan fingerprint density at radius 2 is 1.43 bits per heavy atom. The van der Waals surface area contributed by atoms with Crippen LogP contribution in [-0.2, 0) is 11.1 Å². The number of nitrogens with two attached hydrogens (primary N) is 2. The van der Waals surface area contributed by atoms with Gasteiger partial charge < -0.3 is 25.8 Å². The molecule has 0 aliphatic heterocycles. The van der Waals surface area contributed by atoms with Gasteiger partial charge in [-0.3, -0.25) is 4.57 Å². The molecule has 6 N–H and O–H groups in total. The second-order valence-electron chi connectivity index (χ2n) is 5.80. The van der Waals surface area contributed by atoms with Gasteiger partial charge in [-0.25, -0.2) is 0 Å². The molecule has 0 saturated heterocycles. The minimum atomic E-state index is -3.92. The molecule has 0 unspecified atom stereocenters. The smallest absolute Gasteiger partial charge is 0.325 e. The van der Waals surface area contributed by atoms with E-state index in [2.05, 4.69) is 4.57 Å². The Kier molecular flexibility index (Phi) is 4.06. The number of hydrogen-bond donors (Lipinski definition) is 4. The molecule has 0 saturated carbocycles. The summed E-state index contributed by atoms with van der Waals surface area (Å²) in [5.41, 5.74) is 15.3. The third-order valence-corrected chi connectivity index (χ3v) is 4.89. The quantitative estimate of drug-likeness (QED) is 0.326. The van der Waals surface area contributed by atoms with Crippen LogP contribution in [0.4, 0.5) is 11.4 Å². The van der Waals surface area contributed by atoms with E-state index in [1.54, 1.807) is 0 Å². The fourth-order valence-corrected chi connectivity index (χ4v) is 3.60. The van der Waals surface area contributed by atoms with Crippen LogP contribution in [0.3, 0.4) is 0 Å². The number of aromatic nitrogens is 1. The maximum Gasteiger partial charge on any atom is 0.325 e. The van der Waals surface area contributed by atoms with Gasteiger partial charge in [0, 0.05) is 45.9 Å². The Morgan fingerprint density at radius 1 is 0.913 bits per heavy atom. The van der Waals surface area contributed by atoms with Crippen molar-refractivity contribution < 1.29 is 14.4 Å². The van der Waals surface area contributed by atoms with E-state index in [0.29, 0.717) is 30.8 Å². The van der Waals surface area contributed by atoms with E-state index < -0.39 is 7.60 Å². The second-order valence-corrected chi connectivity index (χ2v) is 7.58. The van der Waals surface area contributed by atoms with Crippen LogP contribution in [0.25, 0.3) is 21.8 Å². The second kappa shape index (κ2) is 5.89. The normalized spacial score (nSPS) is 12.3. The number of aryl methyl sites for hydroxylation is 1. The molecule has 122 valence electrons. The van der Waals surface area contributed by atoms with Gasteiger partial charge in [0.05, 0.1) is 0 Å². The Bertz CT molecular complexity index is 854. The molecule has 0 aliphatic rings. The van der Waals surface area contributed by atoms with E-state index in [4.69, 9.17) is 21.3 Å². The van der Waals surface area contributed by atoms with Crippen molar-refractivity contribution in [2.24, 2.45) is 0 Å². The highest BCUT2D eigenvalue weighted by molar-refractivity contribution is 7.51. The van der Waals surface area contributed by atoms with Gasteiger partial charge in [0.1, 0.15) is 0 Å². The molecule has 23 heavy (non-hydrogen) atoms. The third kappa shape index (κ3) is 3.34. The van der Waals surface area contributed by atoms with Gasteiger partial charge >= 0.3 is 7.60 Å². The molecule has 7 heteroatoms. The maximum absolute atomic E-state index is 11.0. The lowest BCUT2D eigenvalue weighted by Gasteiger charge is -2.08. The van der Waals surface area contributed by atoms with Gasteiger partial charge in [-0.05, 0) is 49.2 Å². The van der Waals surface area contributed by atoms with Crippen LogP contribution in [0.2, 0.25) is 0 Å². The minimum Gasteiger partial charge on any atom is -0.399 e. The van der Waals surface area contributed by atoms with Crippen LogP contribution in [0.5, 0.6) is 0 Å². The average molecular weight is 333 g/mol. The molecule has 1 heterocycles. The molecule has 1 aromatic heterocycles. The zero-order valence-corrected chi connectivity index (χ0v) is 13.5. The van der Waals surface area contributed by atoms with Crippen LogP contribution in [0, 0.1) is 0 Å². The predicted molar refractivity (Wildman–Crippen MR) is 94.4 cm³/mol. The fraction of sp³-hybridized carbons (Fsp3) is 0.250. The summed E-state index contributed by atoms with van der Waals surface area (Å²) < 4.78 is 13.1. The van der Waals surface area contributed by atoms with Crippen LogP contribution in [0.1, 0.15) is 12.8 Å². The SMILES string of the molecule is Nc1ccc2c(c1)c1cc(N)ccc1n2CCCCP(=O)(O)O. The lowest BCUT2D eigenvalue weighted by molar-refractivity contribution is 0.370. The summed E-state index contributed by atoms with van der Waals surface area (Å²) in [4.78, 5) is 17.9. The van der Waals surface area contributed by atoms with Crippen molar-refractivity contribution in [2.75, 3.05) is 17.6 Å². The molecule has 0 radical (unpaired) electrons. The first-order valence-corrected chi connectivity index (χ1v) is 9.26. The molecule has 3 rings (SSSR count). The van der Waals surface area contributed by atoms with Gasteiger partial charge in [0.15, 0.2) is 0 Å². The van der Waals surface area contributed by atoms with Crippen LogP contribution in [-0.4, -0.2) is 20.5 Å². The van der Waals surface area contributed by atoms with Crippen molar-refractivity contribution in [1.29, 1.82) is 0 Å². The summed E-state index contributed by atoms with van der Waals surface area (Å²) in [6.07, 6.45) is 1.10. The minimum absolute atomic E-state index is 0.0793. The largest absolute Gasteiger partial charge is 0.399 e. The van der Waals surface area contributed by atoms with E-state index in [-0.39, 0.29) is 6.16 Å². The van der Waals surface area contributed by atoms with Gasteiger partial charge in [-0.1, -0.05) is 0 Å². The van der Waals surface area contributed by atoms with Crippen LogP contribution < -0.4 is 11.5 Å². The lowest BCUT2D eigenvalue weighted by atomic mass is 10.1. The molecule has 3 aromatic rings. The Hall–Kier alpha value is -2.01. The van der Waals surface area contributed by atoms with E-state index >= 15 is 0 Å².